The van der Waals surface area contributed by atoms with E-state index in [4.69, 9.17) is 9.47 Å². The van der Waals surface area contributed by atoms with Crippen LogP contribution >= 0.6 is 0 Å². The predicted octanol–water partition coefficient (Wildman–Crippen LogP) is 3.89. The summed E-state index contributed by atoms with van der Waals surface area (Å²) in [5.41, 5.74) is 0.117. The number of cyclic esters (lactones) is 1. The summed E-state index contributed by atoms with van der Waals surface area (Å²) in [4.78, 5) is 33.6. The Bertz CT molecular complexity index is 1150. The number of aliphatic hydroxyl groups is 2. The molecule has 1 saturated heterocycles. The topological polar surface area (TPSA) is 119 Å². The zero-order valence-electron chi connectivity index (χ0n) is 23.0. The van der Waals surface area contributed by atoms with Crippen LogP contribution in [0.4, 0.5) is 0 Å². The Kier molecular flexibility index (Phi) is 6.79. The Balaban J connectivity index is 1.49. The van der Waals surface area contributed by atoms with Gasteiger partial charge in [-0.3, -0.25) is 4.98 Å². The Morgan fingerprint density at radius 2 is 1.97 bits per heavy atom. The molecule has 1 aromatic heterocycles. The highest BCUT2D eigenvalue weighted by Crippen LogP contribution is 2.63. The van der Waals surface area contributed by atoms with Crippen LogP contribution in [0.25, 0.3) is 0 Å². The lowest BCUT2D eigenvalue weighted by atomic mass is 9.53. The van der Waals surface area contributed by atoms with Crippen molar-refractivity contribution in [3.63, 3.8) is 0 Å². The molecule has 1 aromatic rings. The molecule has 0 radical (unpaired) electrons. The van der Waals surface area contributed by atoms with Crippen LogP contribution < -0.4 is 0 Å². The van der Waals surface area contributed by atoms with Gasteiger partial charge in [0.15, 0.2) is 11.8 Å². The molecule has 10 unspecified atom stereocenters. The van der Waals surface area contributed by atoms with Crippen molar-refractivity contribution in [3.8, 4) is 0 Å². The van der Waals surface area contributed by atoms with E-state index in [-0.39, 0.29) is 46.8 Å². The van der Waals surface area contributed by atoms with Crippen LogP contribution in [0.1, 0.15) is 70.8 Å². The Morgan fingerprint density at radius 1 is 1.24 bits per heavy atom. The molecule has 2 N–H and O–H groups in total. The standard InChI is InChI=1S/C30H40N2O6/c1-15(2)25-22-11-19-17(4)30(36)21(18(5)37-28(35)26(30)33)8-7-16(3)20(19)12-29(22,6)13-24(25)38-27(34)23-14-31-9-10-32-23/h7,9-10,14-15,18-22,24-26,33,36H,4,8,11-13H2,1-3,5-6H3/b16-7-. The molecule has 2 saturated carbocycles. The second kappa shape index (κ2) is 9.56. The molecule has 38 heavy (non-hydrogen) atoms. The molecule has 8 nitrogen and oxygen atoms in total. The lowest BCUT2D eigenvalue weighted by molar-refractivity contribution is -0.209. The normalized spacial score (nSPS) is 44.1. The monoisotopic (exact) mass is 524 g/mol. The predicted molar refractivity (Wildman–Crippen MR) is 140 cm³/mol. The van der Waals surface area contributed by atoms with Crippen molar-refractivity contribution in [2.45, 2.75) is 84.2 Å². The van der Waals surface area contributed by atoms with Gasteiger partial charge in [-0.1, -0.05) is 39.0 Å². The molecule has 1 aliphatic heterocycles. The minimum atomic E-state index is -1.76. The summed E-state index contributed by atoms with van der Waals surface area (Å²) in [5, 5.41) is 23.0. The molecular formula is C30H40N2O6. The number of ether oxygens (including phenoxy) is 2. The van der Waals surface area contributed by atoms with Crippen molar-refractivity contribution >= 4 is 11.9 Å². The molecule has 3 aliphatic carbocycles. The first-order chi connectivity index (χ1) is 17.9. The first-order valence-corrected chi connectivity index (χ1v) is 13.8. The molecule has 8 heteroatoms. The van der Waals surface area contributed by atoms with Crippen molar-refractivity contribution < 1.29 is 29.3 Å². The maximum atomic E-state index is 13.0. The largest absolute Gasteiger partial charge is 0.460 e. The third-order valence-corrected chi connectivity index (χ3v) is 10.3. The van der Waals surface area contributed by atoms with E-state index in [0.29, 0.717) is 12.0 Å². The first kappa shape index (κ1) is 27.0. The SMILES string of the molecule is C=C1C2CC3C(C(C)C)C(OC(=O)c4cnccn4)CC3(C)CC2/C(C)=C\CC2C(C)OC(=O)C(O)C12O. The number of hydrogen-bond acceptors (Lipinski definition) is 8. The molecule has 206 valence electrons. The van der Waals surface area contributed by atoms with Gasteiger partial charge >= 0.3 is 11.9 Å². The summed E-state index contributed by atoms with van der Waals surface area (Å²) >= 11 is 0. The van der Waals surface area contributed by atoms with E-state index in [9.17, 15) is 19.8 Å². The van der Waals surface area contributed by atoms with Crippen LogP contribution in [0, 0.1) is 40.9 Å². The molecule has 4 aliphatic rings. The first-order valence-electron chi connectivity index (χ1n) is 13.8. The van der Waals surface area contributed by atoms with Crippen LogP contribution in [-0.2, 0) is 14.3 Å². The quantitative estimate of drug-likeness (QED) is 0.452. The maximum absolute atomic E-state index is 13.0. The summed E-state index contributed by atoms with van der Waals surface area (Å²) in [5.74, 6) is -1.18. The van der Waals surface area contributed by atoms with Crippen LogP contribution in [0.2, 0.25) is 0 Å². The van der Waals surface area contributed by atoms with Crippen LogP contribution in [0.5, 0.6) is 0 Å². The highest BCUT2D eigenvalue weighted by molar-refractivity contribution is 5.86. The molecule has 10 atom stereocenters. The molecule has 0 spiro atoms. The lowest BCUT2D eigenvalue weighted by Gasteiger charge is -2.54. The summed E-state index contributed by atoms with van der Waals surface area (Å²) in [6.45, 7) is 14.9. The number of fused-ring (bicyclic) bond motifs is 3. The van der Waals surface area contributed by atoms with E-state index in [1.807, 2.05) is 0 Å². The number of nitrogens with zero attached hydrogens (tertiary/aromatic N) is 2. The van der Waals surface area contributed by atoms with Gasteiger partial charge in [-0.05, 0) is 74.2 Å². The zero-order chi connectivity index (χ0) is 27.6. The molecule has 5 rings (SSSR count). The summed E-state index contributed by atoms with van der Waals surface area (Å²) in [6.07, 6.45) is 6.92. The third-order valence-electron chi connectivity index (χ3n) is 10.3. The van der Waals surface area contributed by atoms with E-state index in [2.05, 4.69) is 50.3 Å². The Labute approximate surface area is 224 Å². The Morgan fingerprint density at radius 3 is 2.63 bits per heavy atom. The maximum Gasteiger partial charge on any atom is 0.358 e. The lowest BCUT2D eigenvalue weighted by Crippen LogP contribution is -2.63. The molecule has 0 aromatic carbocycles. The number of aliphatic hydroxyl groups excluding tert-OH is 1. The van der Waals surface area contributed by atoms with Crippen LogP contribution in [0.15, 0.2) is 42.4 Å². The highest BCUT2D eigenvalue weighted by atomic mass is 16.6. The summed E-state index contributed by atoms with van der Waals surface area (Å²) in [7, 11) is 0. The Hall–Kier alpha value is -2.58. The summed E-state index contributed by atoms with van der Waals surface area (Å²) < 4.78 is 11.5. The summed E-state index contributed by atoms with van der Waals surface area (Å²) in [6, 6.07) is 0. The zero-order valence-corrected chi connectivity index (χ0v) is 23.0. The molecular weight excluding hydrogens is 484 g/mol. The smallest absolute Gasteiger partial charge is 0.358 e. The van der Waals surface area contributed by atoms with Gasteiger partial charge < -0.3 is 19.7 Å². The second-order valence-corrected chi connectivity index (χ2v) is 12.7. The number of hydrogen-bond donors (Lipinski definition) is 2. The minimum Gasteiger partial charge on any atom is -0.460 e. The fourth-order valence-corrected chi connectivity index (χ4v) is 8.33. The van der Waals surface area contributed by atoms with Gasteiger partial charge in [0, 0.05) is 24.2 Å². The third kappa shape index (κ3) is 4.11. The fourth-order valence-electron chi connectivity index (χ4n) is 8.33. The van der Waals surface area contributed by atoms with Gasteiger partial charge in [0.1, 0.15) is 17.8 Å². The molecule has 0 bridgehead atoms. The number of carbonyl (C=O) groups excluding carboxylic acids is 2. The average molecular weight is 525 g/mol. The van der Waals surface area contributed by atoms with E-state index in [1.165, 1.54) is 24.2 Å². The number of aromatic nitrogens is 2. The second-order valence-electron chi connectivity index (χ2n) is 12.7. The van der Waals surface area contributed by atoms with Crippen molar-refractivity contribution in [2.24, 2.45) is 40.9 Å². The van der Waals surface area contributed by atoms with E-state index in [0.717, 1.165) is 19.3 Å². The van der Waals surface area contributed by atoms with Crippen molar-refractivity contribution in [3.05, 3.63) is 48.1 Å². The van der Waals surface area contributed by atoms with E-state index < -0.39 is 35.7 Å². The number of carbonyl (C=O) groups is 2. The van der Waals surface area contributed by atoms with Gasteiger partial charge in [0.2, 0.25) is 0 Å². The number of allylic oxidation sites excluding steroid dienone is 2. The molecule has 2 heterocycles. The average Bonchev–Trinajstić information content (AvgIpc) is 3.16. The van der Waals surface area contributed by atoms with Crippen molar-refractivity contribution in [1.29, 1.82) is 0 Å². The van der Waals surface area contributed by atoms with Gasteiger partial charge in [0.05, 0.1) is 6.20 Å². The van der Waals surface area contributed by atoms with E-state index in [1.54, 1.807) is 6.92 Å². The number of esters is 2. The van der Waals surface area contributed by atoms with Crippen LogP contribution in [-0.4, -0.2) is 56.0 Å². The highest BCUT2D eigenvalue weighted by Gasteiger charge is 2.62. The van der Waals surface area contributed by atoms with Gasteiger partial charge in [-0.25, -0.2) is 14.6 Å². The van der Waals surface area contributed by atoms with Crippen molar-refractivity contribution in [1.82, 2.24) is 9.97 Å². The van der Waals surface area contributed by atoms with Gasteiger partial charge in [-0.15, -0.1) is 0 Å². The minimum absolute atomic E-state index is 0.0859. The fraction of sp³-hybridized carbons (Fsp3) is 0.667. The number of rotatable bonds is 3. The van der Waals surface area contributed by atoms with Gasteiger partial charge in [-0.2, -0.15) is 0 Å². The van der Waals surface area contributed by atoms with E-state index >= 15 is 0 Å². The molecule has 3 fully saturated rings. The van der Waals surface area contributed by atoms with Gasteiger partial charge in [0.25, 0.3) is 0 Å². The van der Waals surface area contributed by atoms with Crippen LogP contribution in [0.3, 0.4) is 0 Å². The molecule has 0 amide bonds. The van der Waals surface area contributed by atoms with Crippen molar-refractivity contribution in [2.75, 3.05) is 0 Å².